The van der Waals surface area contributed by atoms with Gasteiger partial charge in [-0.1, -0.05) is 0 Å². The van der Waals surface area contributed by atoms with E-state index in [2.05, 4.69) is 0 Å². The molecule has 7 heteroatoms. The number of nitrogens with zero attached hydrogens (tertiary/aromatic N) is 1. The van der Waals surface area contributed by atoms with Crippen molar-refractivity contribution in [2.24, 2.45) is 0 Å². The lowest BCUT2D eigenvalue weighted by molar-refractivity contribution is 0.0768. The lowest BCUT2D eigenvalue weighted by atomic mass is 10.1. The molecule has 0 aliphatic carbocycles. The summed E-state index contributed by atoms with van der Waals surface area (Å²) < 4.78 is 23.0. The number of hydrogen-bond acceptors (Lipinski definition) is 5. The fourth-order valence-electron chi connectivity index (χ4n) is 2.00. The monoisotopic (exact) mass is 284 g/mol. The van der Waals surface area contributed by atoms with E-state index in [1.165, 1.54) is 23.1 Å². The van der Waals surface area contributed by atoms with Crippen molar-refractivity contribution in [2.45, 2.75) is 6.42 Å². The lowest BCUT2D eigenvalue weighted by Crippen LogP contribution is -2.33. The Morgan fingerprint density at radius 3 is 2.68 bits per heavy atom. The van der Waals surface area contributed by atoms with Crippen LogP contribution in [0.2, 0.25) is 0 Å². The second-order valence-electron chi connectivity index (χ2n) is 4.57. The molecule has 1 aromatic carbocycles. The Morgan fingerprint density at radius 2 is 2.00 bits per heavy atom. The van der Waals surface area contributed by atoms with Crippen LogP contribution in [0.4, 0.5) is 5.69 Å². The van der Waals surface area contributed by atoms with Gasteiger partial charge in [-0.15, -0.1) is 0 Å². The summed E-state index contributed by atoms with van der Waals surface area (Å²) in [6.07, 6.45) is 0.440. The molecular formula is C12H16N2O4S. The van der Waals surface area contributed by atoms with Crippen LogP contribution in [0, 0.1) is 0 Å². The first-order chi connectivity index (χ1) is 8.89. The number of phenolic OH excluding ortho intramolecular Hbond substituents is 1. The number of nitrogens with two attached hydrogens (primary N) is 1. The van der Waals surface area contributed by atoms with Crippen LogP contribution in [0.1, 0.15) is 16.8 Å². The van der Waals surface area contributed by atoms with E-state index in [9.17, 15) is 18.3 Å². The van der Waals surface area contributed by atoms with Crippen molar-refractivity contribution in [3.8, 4) is 5.75 Å². The highest BCUT2D eigenvalue weighted by Crippen LogP contribution is 2.22. The van der Waals surface area contributed by atoms with Crippen molar-refractivity contribution in [2.75, 3.05) is 30.3 Å². The van der Waals surface area contributed by atoms with E-state index < -0.39 is 9.84 Å². The molecule has 1 aliphatic heterocycles. The van der Waals surface area contributed by atoms with Crippen LogP contribution >= 0.6 is 0 Å². The maximum Gasteiger partial charge on any atom is 0.254 e. The molecule has 104 valence electrons. The third-order valence-electron chi connectivity index (χ3n) is 3.12. The first-order valence-corrected chi connectivity index (χ1v) is 7.79. The maximum atomic E-state index is 12.2. The highest BCUT2D eigenvalue weighted by molar-refractivity contribution is 7.91. The minimum absolute atomic E-state index is 0.0142. The van der Waals surface area contributed by atoms with Gasteiger partial charge in [0.05, 0.1) is 17.2 Å². The molecule has 2 rings (SSSR count). The third-order valence-corrected chi connectivity index (χ3v) is 4.84. The number of amides is 1. The normalized spacial score (nSPS) is 18.8. The zero-order chi connectivity index (χ0) is 14.0. The van der Waals surface area contributed by atoms with Gasteiger partial charge in [0, 0.05) is 18.7 Å². The van der Waals surface area contributed by atoms with Gasteiger partial charge in [0.15, 0.2) is 9.84 Å². The van der Waals surface area contributed by atoms with Gasteiger partial charge in [0.1, 0.15) is 5.75 Å². The van der Waals surface area contributed by atoms with E-state index in [1.807, 2.05) is 0 Å². The molecule has 0 radical (unpaired) electrons. The Labute approximate surface area is 111 Å². The van der Waals surface area contributed by atoms with Gasteiger partial charge in [-0.05, 0) is 24.6 Å². The Bertz CT molecular complexity index is 598. The number of benzene rings is 1. The Kier molecular flexibility index (Phi) is 3.66. The molecule has 0 atom stereocenters. The van der Waals surface area contributed by atoms with E-state index in [4.69, 9.17) is 5.73 Å². The quantitative estimate of drug-likeness (QED) is 0.568. The summed E-state index contributed by atoms with van der Waals surface area (Å²) in [5.41, 5.74) is 5.99. The molecule has 1 fully saturated rings. The zero-order valence-corrected chi connectivity index (χ0v) is 11.2. The molecule has 1 saturated heterocycles. The number of aromatic hydroxyl groups is 1. The molecule has 1 aromatic rings. The number of phenols is 1. The van der Waals surface area contributed by atoms with Gasteiger partial charge in [0.2, 0.25) is 0 Å². The first-order valence-electron chi connectivity index (χ1n) is 5.97. The van der Waals surface area contributed by atoms with Crippen LogP contribution in [-0.2, 0) is 9.84 Å². The Morgan fingerprint density at radius 1 is 1.26 bits per heavy atom. The minimum atomic E-state index is -3.05. The molecular weight excluding hydrogens is 268 g/mol. The van der Waals surface area contributed by atoms with Crippen molar-refractivity contribution in [3.05, 3.63) is 23.8 Å². The molecule has 0 spiro atoms. The summed E-state index contributed by atoms with van der Waals surface area (Å²) in [4.78, 5) is 13.7. The molecule has 1 amide bonds. The van der Waals surface area contributed by atoms with Crippen molar-refractivity contribution >= 4 is 21.4 Å². The number of rotatable bonds is 1. The number of sulfone groups is 1. The number of carbonyl (C=O) groups is 1. The molecule has 0 bridgehead atoms. The number of anilines is 1. The summed E-state index contributed by atoms with van der Waals surface area (Å²) >= 11 is 0. The summed E-state index contributed by atoms with van der Waals surface area (Å²) in [7, 11) is -3.05. The fraction of sp³-hybridized carbons (Fsp3) is 0.417. The predicted octanol–water partition coefficient (Wildman–Crippen LogP) is 0.235. The maximum absolute atomic E-state index is 12.2. The van der Waals surface area contributed by atoms with Crippen LogP contribution in [0.25, 0.3) is 0 Å². The number of nitrogen functional groups attached to an aromatic ring is 1. The van der Waals surface area contributed by atoms with Crippen molar-refractivity contribution in [1.29, 1.82) is 0 Å². The van der Waals surface area contributed by atoms with Crippen molar-refractivity contribution < 1.29 is 18.3 Å². The van der Waals surface area contributed by atoms with Crippen LogP contribution < -0.4 is 5.73 Å². The SMILES string of the molecule is Nc1ccc(C(=O)N2CCCS(=O)(=O)CC2)cc1O. The number of carbonyl (C=O) groups excluding carboxylic acids is 1. The molecule has 0 aromatic heterocycles. The molecule has 1 heterocycles. The average Bonchev–Trinajstić information content (AvgIpc) is 2.53. The highest BCUT2D eigenvalue weighted by atomic mass is 32.2. The van der Waals surface area contributed by atoms with Crippen LogP contribution in [0.15, 0.2) is 18.2 Å². The minimum Gasteiger partial charge on any atom is -0.506 e. The predicted molar refractivity (Wildman–Crippen MR) is 71.7 cm³/mol. The van der Waals surface area contributed by atoms with E-state index in [1.54, 1.807) is 0 Å². The first kappa shape index (κ1) is 13.7. The second kappa shape index (κ2) is 5.08. The molecule has 0 saturated carbocycles. The van der Waals surface area contributed by atoms with Crippen LogP contribution in [0.5, 0.6) is 5.75 Å². The topological polar surface area (TPSA) is 101 Å². The second-order valence-corrected chi connectivity index (χ2v) is 6.87. The van der Waals surface area contributed by atoms with Crippen LogP contribution in [-0.4, -0.2) is 48.9 Å². The van der Waals surface area contributed by atoms with E-state index in [-0.39, 0.29) is 35.4 Å². The van der Waals surface area contributed by atoms with Crippen LogP contribution in [0.3, 0.4) is 0 Å². The molecule has 6 nitrogen and oxygen atoms in total. The van der Waals surface area contributed by atoms with E-state index in [0.717, 1.165) is 0 Å². The molecule has 19 heavy (non-hydrogen) atoms. The summed E-state index contributed by atoms with van der Waals surface area (Å²) in [6, 6.07) is 4.28. The standard InChI is InChI=1S/C12H16N2O4S/c13-10-3-2-9(8-11(10)15)12(16)14-4-1-6-19(17,18)7-5-14/h2-3,8,15H,1,4-7,13H2. The van der Waals surface area contributed by atoms with E-state index >= 15 is 0 Å². The average molecular weight is 284 g/mol. The number of hydrogen-bond donors (Lipinski definition) is 2. The molecule has 3 N–H and O–H groups in total. The highest BCUT2D eigenvalue weighted by Gasteiger charge is 2.23. The van der Waals surface area contributed by atoms with Gasteiger partial charge < -0.3 is 15.7 Å². The zero-order valence-electron chi connectivity index (χ0n) is 10.4. The third kappa shape index (κ3) is 3.17. The summed E-state index contributed by atoms with van der Waals surface area (Å²) in [5, 5.41) is 9.49. The lowest BCUT2D eigenvalue weighted by Gasteiger charge is -2.19. The van der Waals surface area contributed by atoms with Gasteiger partial charge in [-0.25, -0.2) is 8.42 Å². The van der Waals surface area contributed by atoms with E-state index in [0.29, 0.717) is 18.5 Å². The van der Waals surface area contributed by atoms with Gasteiger partial charge in [-0.2, -0.15) is 0 Å². The molecule has 0 unspecified atom stereocenters. The fourth-order valence-corrected chi connectivity index (χ4v) is 3.27. The largest absolute Gasteiger partial charge is 0.506 e. The summed E-state index contributed by atoms with van der Waals surface area (Å²) in [6.45, 7) is 0.593. The molecule has 1 aliphatic rings. The van der Waals surface area contributed by atoms with Crippen molar-refractivity contribution in [1.82, 2.24) is 4.90 Å². The Hall–Kier alpha value is -1.76. The van der Waals surface area contributed by atoms with Gasteiger partial charge >= 0.3 is 0 Å². The van der Waals surface area contributed by atoms with Gasteiger partial charge in [-0.3, -0.25) is 4.79 Å². The smallest absolute Gasteiger partial charge is 0.254 e. The van der Waals surface area contributed by atoms with Gasteiger partial charge in [0.25, 0.3) is 5.91 Å². The Balaban J connectivity index is 2.17. The van der Waals surface area contributed by atoms with Crippen molar-refractivity contribution in [3.63, 3.8) is 0 Å². The summed E-state index contributed by atoms with van der Waals surface area (Å²) in [5.74, 6) is -0.329.